The summed E-state index contributed by atoms with van der Waals surface area (Å²) >= 11 is 0. The lowest BCUT2D eigenvalue weighted by molar-refractivity contribution is 0.0664. The van der Waals surface area contributed by atoms with Gasteiger partial charge in [-0.05, 0) is 37.1 Å². The number of carbonyl (C=O) groups excluding carboxylic acids is 1. The van der Waals surface area contributed by atoms with Crippen LogP contribution in [0, 0.1) is 6.92 Å². The van der Waals surface area contributed by atoms with Crippen molar-refractivity contribution in [1.29, 1.82) is 0 Å². The van der Waals surface area contributed by atoms with Gasteiger partial charge in [-0.2, -0.15) is 4.98 Å². The van der Waals surface area contributed by atoms with Crippen LogP contribution >= 0.6 is 0 Å². The van der Waals surface area contributed by atoms with Crippen molar-refractivity contribution >= 4 is 11.9 Å². The first-order chi connectivity index (χ1) is 11.6. The van der Waals surface area contributed by atoms with Gasteiger partial charge in [-0.25, -0.2) is 4.79 Å². The first-order valence-electron chi connectivity index (χ1n) is 8.01. The number of aromatic carboxylic acids is 1. The molecule has 0 aliphatic carbocycles. The van der Waals surface area contributed by atoms with E-state index in [0.29, 0.717) is 23.8 Å². The van der Waals surface area contributed by atoms with Crippen molar-refractivity contribution in [3.8, 4) is 0 Å². The largest absolute Gasteiger partial charge is 0.478 e. The molecule has 1 N–H and O–H groups in total. The van der Waals surface area contributed by atoms with Gasteiger partial charge < -0.3 is 14.5 Å². The lowest BCUT2D eigenvalue weighted by atomic mass is 10.1. The van der Waals surface area contributed by atoms with Gasteiger partial charge in [-0.3, -0.25) is 4.79 Å². The molecule has 24 heavy (non-hydrogen) atoms. The van der Waals surface area contributed by atoms with Crippen LogP contribution < -0.4 is 0 Å². The summed E-state index contributed by atoms with van der Waals surface area (Å²) in [5.41, 5.74) is 0.625. The number of carboxylic acid groups (broad SMARTS) is 1. The SMILES string of the molecule is Cc1nc(C2CCCCCN2C(=O)c2ccc(C(=O)O)cc2)no1. The Labute approximate surface area is 139 Å². The Morgan fingerprint density at radius 3 is 2.50 bits per heavy atom. The van der Waals surface area contributed by atoms with Crippen molar-refractivity contribution in [2.45, 2.75) is 38.6 Å². The molecule has 1 amide bonds. The molecular weight excluding hydrogens is 310 g/mol. The standard InChI is InChI=1S/C17H19N3O4/c1-11-18-15(19-24-11)14-5-3-2-4-10-20(14)16(21)12-6-8-13(9-7-12)17(22)23/h6-9,14H,2-5,10H2,1H3,(H,22,23). The molecule has 126 valence electrons. The monoisotopic (exact) mass is 329 g/mol. The summed E-state index contributed by atoms with van der Waals surface area (Å²) in [5.74, 6) is -0.137. The van der Waals surface area contributed by atoms with Crippen LogP contribution in [0.2, 0.25) is 0 Å². The fourth-order valence-corrected chi connectivity index (χ4v) is 2.99. The minimum Gasteiger partial charge on any atom is -0.478 e. The molecular formula is C17H19N3O4. The summed E-state index contributed by atoms with van der Waals surface area (Å²) in [5, 5.41) is 13.0. The maximum Gasteiger partial charge on any atom is 0.335 e. The molecule has 2 heterocycles. The molecule has 0 saturated carbocycles. The number of hydrogen-bond donors (Lipinski definition) is 1. The molecule has 0 bridgehead atoms. The molecule has 1 aromatic heterocycles. The van der Waals surface area contributed by atoms with Crippen molar-refractivity contribution < 1.29 is 19.2 Å². The van der Waals surface area contributed by atoms with E-state index in [-0.39, 0.29) is 17.5 Å². The highest BCUT2D eigenvalue weighted by molar-refractivity contribution is 5.96. The van der Waals surface area contributed by atoms with Gasteiger partial charge in [-0.15, -0.1) is 0 Å². The average molecular weight is 329 g/mol. The number of carboxylic acids is 1. The summed E-state index contributed by atoms with van der Waals surface area (Å²) in [6.07, 6.45) is 3.76. The smallest absolute Gasteiger partial charge is 0.335 e. The van der Waals surface area contributed by atoms with Gasteiger partial charge in [0.05, 0.1) is 11.6 Å². The lowest BCUT2D eigenvalue weighted by Gasteiger charge is -2.28. The molecule has 7 nitrogen and oxygen atoms in total. The van der Waals surface area contributed by atoms with E-state index in [1.54, 1.807) is 24.0 Å². The van der Waals surface area contributed by atoms with Crippen LogP contribution in [-0.4, -0.2) is 38.6 Å². The predicted molar refractivity (Wildman–Crippen MR) is 84.7 cm³/mol. The molecule has 1 fully saturated rings. The number of benzene rings is 1. The molecule has 1 aliphatic heterocycles. The second-order valence-corrected chi connectivity index (χ2v) is 5.92. The van der Waals surface area contributed by atoms with Gasteiger partial charge in [0, 0.05) is 19.0 Å². The summed E-state index contributed by atoms with van der Waals surface area (Å²) in [4.78, 5) is 29.9. The molecule has 0 spiro atoms. The van der Waals surface area contributed by atoms with E-state index < -0.39 is 5.97 Å². The number of likely N-dealkylation sites (tertiary alicyclic amines) is 1. The van der Waals surface area contributed by atoms with E-state index in [2.05, 4.69) is 10.1 Å². The van der Waals surface area contributed by atoms with Crippen LogP contribution in [0.4, 0.5) is 0 Å². The summed E-state index contributed by atoms with van der Waals surface area (Å²) < 4.78 is 5.07. The third-order valence-corrected chi connectivity index (χ3v) is 4.23. The van der Waals surface area contributed by atoms with E-state index in [4.69, 9.17) is 9.63 Å². The molecule has 1 atom stereocenters. The Hall–Kier alpha value is -2.70. The van der Waals surface area contributed by atoms with Gasteiger partial charge >= 0.3 is 5.97 Å². The molecule has 0 radical (unpaired) electrons. The molecule has 2 aromatic rings. The lowest BCUT2D eigenvalue weighted by Crippen LogP contribution is -2.35. The maximum atomic E-state index is 12.9. The van der Waals surface area contributed by atoms with Crippen molar-refractivity contribution in [2.24, 2.45) is 0 Å². The van der Waals surface area contributed by atoms with Crippen molar-refractivity contribution in [2.75, 3.05) is 6.54 Å². The fraction of sp³-hybridized carbons (Fsp3) is 0.412. The zero-order valence-electron chi connectivity index (χ0n) is 13.4. The van der Waals surface area contributed by atoms with Gasteiger partial charge in [0.1, 0.15) is 0 Å². The number of rotatable bonds is 3. The fourth-order valence-electron chi connectivity index (χ4n) is 2.99. The minimum absolute atomic E-state index is 0.138. The number of amides is 1. The van der Waals surface area contributed by atoms with Crippen molar-refractivity contribution in [3.05, 3.63) is 47.1 Å². The quantitative estimate of drug-likeness (QED) is 0.930. The van der Waals surface area contributed by atoms with Crippen LogP contribution in [0.5, 0.6) is 0 Å². The zero-order valence-corrected chi connectivity index (χ0v) is 13.4. The van der Waals surface area contributed by atoms with E-state index in [0.717, 1.165) is 25.7 Å². The number of carbonyl (C=O) groups is 2. The van der Waals surface area contributed by atoms with E-state index in [9.17, 15) is 9.59 Å². The van der Waals surface area contributed by atoms with Crippen LogP contribution in [0.1, 0.15) is 64.2 Å². The average Bonchev–Trinajstić information content (AvgIpc) is 2.86. The second kappa shape index (κ2) is 6.82. The first-order valence-corrected chi connectivity index (χ1v) is 8.01. The van der Waals surface area contributed by atoms with Crippen LogP contribution in [0.3, 0.4) is 0 Å². The van der Waals surface area contributed by atoms with E-state index in [1.165, 1.54) is 12.1 Å². The molecule has 1 saturated heterocycles. The first kappa shape index (κ1) is 16.2. The third-order valence-electron chi connectivity index (χ3n) is 4.23. The van der Waals surface area contributed by atoms with Crippen LogP contribution in [0.25, 0.3) is 0 Å². The normalized spacial score (nSPS) is 18.2. The predicted octanol–water partition coefficient (Wildman–Crippen LogP) is 2.83. The second-order valence-electron chi connectivity index (χ2n) is 5.92. The molecule has 3 rings (SSSR count). The van der Waals surface area contributed by atoms with Crippen molar-refractivity contribution in [1.82, 2.24) is 15.0 Å². The van der Waals surface area contributed by atoms with Gasteiger partial charge in [-0.1, -0.05) is 18.0 Å². The molecule has 1 aromatic carbocycles. The van der Waals surface area contributed by atoms with Crippen LogP contribution in [-0.2, 0) is 0 Å². The van der Waals surface area contributed by atoms with Gasteiger partial charge in [0.25, 0.3) is 5.91 Å². The van der Waals surface area contributed by atoms with Gasteiger partial charge in [0.2, 0.25) is 5.89 Å². The topological polar surface area (TPSA) is 96.5 Å². The maximum absolute atomic E-state index is 12.9. The molecule has 1 aliphatic rings. The molecule has 7 heteroatoms. The summed E-state index contributed by atoms with van der Waals surface area (Å²) in [7, 11) is 0. The van der Waals surface area contributed by atoms with E-state index >= 15 is 0 Å². The number of nitrogens with zero attached hydrogens (tertiary/aromatic N) is 3. The van der Waals surface area contributed by atoms with Gasteiger partial charge in [0.15, 0.2) is 5.82 Å². The summed E-state index contributed by atoms with van der Waals surface area (Å²) in [6, 6.07) is 5.78. The Bertz CT molecular complexity index is 739. The number of hydrogen-bond acceptors (Lipinski definition) is 5. The highest BCUT2D eigenvalue weighted by atomic mass is 16.5. The summed E-state index contributed by atoms with van der Waals surface area (Å²) in [6.45, 7) is 2.35. The third kappa shape index (κ3) is 3.29. The minimum atomic E-state index is -1.01. The molecule has 1 unspecified atom stereocenters. The van der Waals surface area contributed by atoms with Crippen molar-refractivity contribution in [3.63, 3.8) is 0 Å². The van der Waals surface area contributed by atoms with E-state index in [1.807, 2.05) is 0 Å². The Kier molecular flexibility index (Phi) is 4.59. The Balaban J connectivity index is 1.88. The van der Waals surface area contributed by atoms with Crippen LogP contribution in [0.15, 0.2) is 28.8 Å². The Morgan fingerprint density at radius 2 is 1.88 bits per heavy atom. The highest BCUT2D eigenvalue weighted by Crippen LogP contribution is 2.29. The highest BCUT2D eigenvalue weighted by Gasteiger charge is 2.30. The number of aryl methyl sites for hydroxylation is 1. The Morgan fingerprint density at radius 1 is 1.17 bits per heavy atom. The number of aromatic nitrogens is 2. The zero-order chi connectivity index (χ0) is 17.1.